The predicted molar refractivity (Wildman–Crippen MR) is 63.6 cm³/mol. The van der Waals surface area contributed by atoms with Gasteiger partial charge < -0.3 is 15.4 Å². The third-order valence-electron chi connectivity index (χ3n) is 2.20. The van der Waals surface area contributed by atoms with Crippen molar-refractivity contribution in [3.8, 4) is 5.75 Å². The van der Waals surface area contributed by atoms with Crippen LogP contribution in [0.2, 0.25) is 0 Å². The van der Waals surface area contributed by atoms with Gasteiger partial charge in [-0.3, -0.25) is 4.79 Å². The number of carbonyl (C=O) groups excluding carboxylic acids is 1. The largest absolute Gasteiger partial charge is 0.494 e. The molecule has 16 heavy (non-hydrogen) atoms. The van der Waals surface area contributed by atoms with Crippen LogP contribution < -0.4 is 10.5 Å². The highest BCUT2D eigenvalue weighted by Crippen LogP contribution is 2.14. The van der Waals surface area contributed by atoms with Crippen molar-refractivity contribution < 1.29 is 9.53 Å². The molecule has 1 aromatic carbocycles. The van der Waals surface area contributed by atoms with Gasteiger partial charge in [0.25, 0.3) is 5.91 Å². The lowest BCUT2D eigenvalue weighted by Crippen LogP contribution is -2.31. The summed E-state index contributed by atoms with van der Waals surface area (Å²) < 4.78 is 5.34. The van der Waals surface area contributed by atoms with Crippen LogP contribution in [0.15, 0.2) is 24.3 Å². The quantitative estimate of drug-likeness (QED) is 0.812. The van der Waals surface area contributed by atoms with Gasteiger partial charge in [-0.25, -0.2) is 0 Å². The molecule has 2 N–H and O–H groups in total. The molecule has 0 saturated heterocycles. The number of rotatable bonds is 5. The van der Waals surface area contributed by atoms with Crippen LogP contribution in [0, 0.1) is 0 Å². The summed E-state index contributed by atoms with van der Waals surface area (Å²) in [6, 6.07) is 7.18. The molecule has 0 unspecified atom stereocenters. The van der Waals surface area contributed by atoms with Crippen LogP contribution in [0.4, 0.5) is 0 Å². The van der Waals surface area contributed by atoms with E-state index in [4.69, 9.17) is 10.5 Å². The summed E-state index contributed by atoms with van der Waals surface area (Å²) in [7, 11) is 1.74. The molecule has 0 fully saturated rings. The van der Waals surface area contributed by atoms with E-state index in [9.17, 15) is 4.79 Å². The van der Waals surface area contributed by atoms with Gasteiger partial charge in [0.05, 0.1) is 6.61 Å². The summed E-state index contributed by atoms with van der Waals surface area (Å²) in [5.74, 6) is 0.682. The molecule has 4 nitrogen and oxygen atoms in total. The van der Waals surface area contributed by atoms with Crippen molar-refractivity contribution in [3.63, 3.8) is 0 Å². The van der Waals surface area contributed by atoms with Crippen molar-refractivity contribution in [1.29, 1.82) is 0 Å². The number of hydrogen-bond donors (Lipinski definition) is 1. The Morgan fingerprint density at radius 2 is 2.25 bits per heavy atom. The number of ether oxygens (including phenoxy) is 1. The van der Waals surface area contributed by atoms with Crippen LogP contribution in [-0.4, -0.2) is 37.6 Å². The van der Waals surface area contributed by atoms with E-state index in [1.165, 1.54) is 0 Å². The summed E-state index contributed by atoms with van der Waals surface area (Å²) in [6.45, 7) is 3.52. The zero-order chi connectivity index (χ0) is 12.0. The molecule has 0 heterocycles. The standard InChI is InChI=1S/C12H18N2O2/c1-3-16-11-6-4-5-10(9-11)12(15)14(2)8-7-13/h4-6,9H,3,7-8,13H2,1-2H3. The zero-order valence-electron chi connectivity index (χ0n) is 9.77. The average Bonchev–Trinajstić information content (AvgIpc) is 2.29. The number of amides is 1. The normalized spacial score (nSPS) is 9.94. The van der Waals surface area contributed by atoms with E-state index in [0.29, 0.717) is 25.3 Å². The summed E-state index contributed by atoms with van der Waals surface area (Å²) in [6.07, 6.45) is 0. The van der Waals surface area contributed by atoms with Gasteiger partial charge in [0.1, 0.15) is 5.75 Å². The molecule has 1 rings (SSSR count). The molecular formula is C12H18N2O2. The highest BCUT2D eigenvalue weighted by Gasteiger charge is 2.11. The maximum atomic E-state index is 11.9. The van der Waals surface area contributed by atoms with Gasteiger partial charge in [0.2, 0.25) is 0 Å². The van der Waals surface area contributed by atoms with Crippen molar-refractivity contribution in [2.45, 2.75) is 6.92 Å². The number of likely N-dealkylation sites (N-methyl/N-ethyl adjacent to an activating group) is 1. The van der Waals surface area contributed by atoms with E-state index in [2.05, 4.69) is 0 Å². The number of nitrogens with zero attached hydrogens (tertiary/aromatic N) is 1. The summed E-state index contributed by atoms with van der Waals surface area (Å²) in [5, 5.41) is 0. The molecule has 0 aliphatic rings. The van der Waals surface area contributed by atoms with Crippen LogP contribution in [0.3, 0.4) is 0 Å². The van der Waals surface area contributed by atoms with Crippen LogP contribution in [0.5, 0.6) is 5.75 Å². The molecule has 88 valence electrons. The summed E-state index contributed by atoms with van der Waals surface area (Å²) in [5.41, 5.74) is 6.03. The average molecular weight is 222 g/mol. The van der Waals surface area contributed by atoms with Gasteiger partial charge in [0.15, 0.2) is 0 Å². The Hall–Kier alpha value is -1.55. The fraction of sp³-hybridized carbons (Fsp3) is 0.417. The molecule has 0 spiro atoms. The first kappa shape index (κ1) is 12.5. The lowest BCUT2D eigenvalue weighted by molar-refractivity contribution is 0.0798. The van der Waals surface area contributed by atoms with Gasteiger partial charge in [0, 0.05) is 25.7 Å². The van der Waals surface area contributed by atoms with E-state index in [-0.39, 0.29) is 5.91 Å². The van der Waals surface area contributed by atoms with E-state index >= 15 is 0 Å². The third kappa shape index (κ3) is 3.24. The van der Waals surface area contributed by atoms with Gasteiger partial charge in [-0.05, 0) is 25.1 Å². The molecule has 1 aromatic rings. The summed E-state index contributed by atoms with van der Waals surface area (Å²) in [4.78, 5) is 13.5. The second-order valence-corrected chi connectivity index (χ2v) is 3.48. The number of carbonyl (C=O) groups is 1. The topological polar surface area (TPSA) is 55.6 Å². The number of hydrogen-bond acceptors (Lipinski definition) is 3. The predicted octanol–water partition coefficient (Wildman–Crippen LogP) is 1.12. The first-order chi connectivity index (χ1) is 7.69. The van der Waals surface area contributed by atoms with Gasteiger partial charge >= 0.3 is 0 Å². The minimum Gasteiger partial charge on any atom is -0.494 e. The summed E-state index contributed by atoms with van der Waals surface area (Å²) >= 11 is 0. The smallest absolute Gasteiger partial charge is 0.253 e. The second-order valence-electron chi connectivity index (χ2n) is 3.48. The Balaban J connectivity index is 2.78. The molecule has 1 amide bonds. The first-order valence-corrected chi connectivity index (χ1v) is 5.37. The monoisotopic (exact) mass is 222 g/mol. The fourth-order valence-electron chi connectivity index (χ4n) is 1.40. The van der Waals surface area contributed by atoms with Gasteiger partial charge in [-0.1, -0.05) is 6.07 Å². The second kappa shape index (κ2) is 6.12. The fourth-order valence-corrected chi connectivity index (χ4v) is 1.40. The highest BCUT2D eigenvalue weighted by molar-refractivity contribution is 5.94. The molecule has 0 aliphatic carbocycles. The van der Waals surface area contributed by atoms with E-state index in [1.54, 1.807) is 24.1 Å². The third-order valence-corrected chi connectivity index (χ3v) is 2.20. The van der Waals surface area contributed by atoms with E-state index in [1.807, 2.05) is 19.1 Å². The number of nitrogens with two attached hydrogens (primary N) is 1. The van der Waals surface area contributed by atoms with Crippen molar-refractivity contribution in [1.82, 2.24) is 4.90 Å². The molecule has 0 atom stereocenters. The van der Waals surface area contributed by atoms with E-state index < -0.39 is 0 Å². The minimum atomic E-state index is -0.0352. The molecule has 0 bridgehead atoms. The SMILES string of the molecule is CCOc1cccc(C(=O)N(C)CCN)c1. The molecule has 0 aliphatic heterocycles. The zero-order valence-corrected chi connectivity index (χ0v) is 9.77. The van der Waals surface area contributed by atoms with Crippen LogP contribution in [0.1, 0.15) is 17.3 Å². The first-order valence-electron chi connectivity index (χ1n) is 5.37. The lowest BCUT2D eigenvalue weighted by atomic mass is 10.2. The molecule has 0 saturated carbocycles. The van der Waals surface area contributed by atoms with Crippen molar-refractivity contribution in [2.75, 3.05) is 26.7 Å². The Morgan fingerprint density at radius 3 is 2.88 bits per heavy atom. The van der Waals surface area contributed by atoms with Crippen LogP contribution in [-0.2, 0) is 0 Å². The molecule has 0 radical (unpaired) electrons. The Morgan fingerprint density at radius 1 is 1.50 bits per heavy atom. The Labute approximate surface area is 96.0 Å². The van der Waals surface area contributed by atoms with Crippen molar-refractivity contribution in [2.24, 2.45) is 5.73 Å². The molecular weight excluding hydrogens is 204 g/mol. The van der Waals surface area contributed by atoms with E-state index in [0.717, 1.165) is 5.75 Å². The molecule has 0 aromatic heterocycles. The maximum Gasteiger partial charge on any atom is 0.253 e. The highest BCUT2D eigenvalue weighted by atomic mass is 16.5. The Kier molecular flexibility index (Phi) is 4.79. The number of benzene rings is 1. The minimum absolute atomic E-state index is 0.0352. The Bertz CT molecular complexity index is 353. The van der Waals surface area contributed by atoms with Crippen LogP contribution >= 0.6 is 0 Å². The van der Waals surface area contributed by atoms with Gasteiger partial charge in [-0.15, -0.1) is 0 Å². The van der Waals surface area contributed by atoms with Gasteiger partial charge in [-0.2, -0.15) is 0 Å². The maximum absolute atomic E-state index is 11.9. The van der Waals surface area contributed by atoms with Crippen LogP contribution in [0.25, 0.3) is 0 Å². The van der Waals surface area contributed by atoms with Crippen molar-refractivity contribution in [3.05, 3.63) is 29.8 Å². The van der Waals surface area contributed by atoms with Crippen molar-refractivity contribution >= 4 is 5.91 Å². The lowest BCUT2D eigenvalue weighted by Gasteiger charge is -2.16. The molecule has 4 heteroatoms.